The van der Waals surface area contributed by atoms with E-state index >= 15 is 0 Å². The van der Waals surface area contributed by atoms with E-state index in [1.54, 1.807) is 7.11 Å². The van der Waals surface area contributed by atoms with Crippen LogP contribution in [0.15, 0.2) is 97.1 Å². The van der Waals surface area contributed by atoms with Crippen LogP contribution in [0.4, 0.5) is 0 Å². The molecule has 0 saturated carbocycles. The minimum atomic E-state index is -0.430. The van der Waals surface area contributed by atoms with Crippen molar-refractivity contribution < 1.29 is 9.53 Å². The Morgan fingerprint density at radius 3 is 2.27 bits per heavy atom. The SMILES string of the molecule is COc1ccc(C2Cc3ccccc3CN(Cc3ccc(-c4ccccc4C(=N)N)cc3)C(=O)C2NCCC(C)(C)N)cc1. The third-order valence-corrected chi connectivity index (χ3v) is 8.43. The van der Waals surface area contributed by atoms with Gasteiger partial charge in [0, 0.05) is 30.1 Å². The number of rotatable bonds is 10. The molecule has 0 saturated heterocycles. The highest BCUT2D eigenvalue weighted by Crippen LogP contribution is 2.32. The second kappa shape index (κ2) is 13.5. The van der Waals surface area contributed by atoms with Crippen molar-refractivity contribution in [3.8, 4) is 16.9 Å². The summed E-state index contributed by atoms with van der Waals surface area (Å²) in [7, 11) is 1.66. The molecule has 0 fully saturated rings. The van der Waals surface area contributed by atoms with Gasteiger partial charge in [-0.3, -0.25) is 10.2 Å². The normalized spacial score (nSPS) is 17.0. The van der Waals surface area contributed by atoms with Gasteiger partial charge in [-0.2, -0.15) is 0 Å². The van der Waals surface area contributed by atoms with Gasteiger partial charge in [0.15, 0.2) is 0 Å². The monoisotopic (exact) mass is 589 g/mol. The first-order valence-electron chi connectivity index (χ1n) is 15.2. The van der Waals surface area contributed by atoms with Gasteiger partial charge in [-0.15, -0.1) is 0 Å². The summed E-state index contributed by atoms with van der Waals surface area (Å²) in [6.07, 6.45) is 1.49. The maximum absolute atomic E-state index is 14.6. The fraction of sp³-hybridized carbons (Fsp3) is 0.297. The highest BCUT2D eigenvalue weighted by atomic mass is 16.5. The fourth-order valence-electron chi connectivity index (χ4n) is 5.97. The lowest BCUT2D eigenvalue weighted by atomic mass is 9.82. The Kier molecular flexibility index (Phi) is 9.47. The van der Waals surface area contributed by atoms with Crippen LogP contribution in [-0.4, -0.2) is 41.9 Å². The van der Waals surface area contributed by atoms with Crippen LogP contribution >= 0.6 is 0 Å². The number of carbonyl (C=O) groups excluding carboxylic acids is 1. The maximum atomic E-state index is 14.6. The Bertz CT molecular complexity index is 1590. The standard InChI is InChI=1S/C37H43N5O2/c1-37(2,40)20-21-41-34-33(27-16-18-30(44-3)19-17-27)22-28-8-4-5-9-29(28)24-42(36(34)43)23-25-12-14-26(15-13-25)31-10-6-7-11-32(31)35(38)39/h4-19,33-34,41H,20-24,40H2,1-3H3,(H3,38,39). The molecule has 228 valence electrons. The molecule has 4 aromatic rings. The fourth-order valence-corrected chi connectivity index (χ4v) is 5.97. The van der Waals surface area contributed by atoms with Crippen LogP contribution in [-0.2, 0) is 24.3 Å². The van der Waals surface area contributed by atoms with Crippen molar-refractivity contribution >= 4 is 11.7 Å². The third-order valence-electron chi connectivity index (χ3n) is 8.43. The van der Waals surface area contributed by atoms with E-state index in [1.165, 1.54) is 5.56 Å². The van der Waals surface area contributed by atoms with E-state index in [-0.39, 0.29) is 23.2 Å². The third kappa shape index (κ3) is 7.36. The summed E-state index contributed by atoms with van der Waals surface area (Å²) in [4.78, 5) is 16.5. The number of hydrogen-bond acceptors (Lipinski definition) is 5. The van der Waals surface area contributed by atoms with E-state index in [4.69, 9.17) is 21.6 Å². The average molecular weight is 590 g/mol. The zero-order chi connectivity index (χ0) is 31.3. The van der Waals surface area contributed by atoms with Gasteiger partial charge in [0.25, 0.3) is 0 Å². The Morgan fingerprint density at radius 2 is 1.61 bits per heavy atom. The number of fused-ring (bicyclic) bond motifs is 1. The molecule has 6 N–H and O–H groups in total. The van der Waals surface area contributed by atoms with Gasteiger partial charge in [-0.05, 0) is 78.7 Å². The largest absolute Gasteiger partial charge is 0.497 e. The molecule has 0 radical (unpaired) electrons. The van der Waals surface area contributed by atoms with Gasteiger partial charge < -0.3 is 26.4 Å². The molecule has 7 heteroatoms. The Labute approximate surface area is 260 Å². The lowest BCUT2D eigenvalue weighted by Gasteiger charge is -2.37. The molecule has 0 bridgehead atoms. The molecule has 1 heterocycles. The van der Waals surface area contributed by atoms with Crippen LogP contribution < -0.4 is 21.5 Å². The number of nitrogens with zero attached hydrogens (tertiary/aromatic N) is 1. The molecule has 0 aromatic heterocycles. The van der Waals surface area contributed by atoms with E-state index in [2.05, 4.69) is 47.8 Å². The number of amidine groups is 1. The minimum Gasteiger partial charge on any atom is -0.497 e. The van der Waals surface area contributed by atoms with Crippen molar-refractivity contribution in [3.63, 3.8) is 0 Å². The summed E-state index contributed by atoms with van der Waals surface area (Å²) in [6, 6.07) is 32.0. The van der Waals surface area contributed by atoms with Crippen molar-refractivity contribution in [1.29, 1.82) is 5.41 Å². The molecule has 0 aliphatic carbocycles. The van der Waals surface area contributed by atoms with Crippen LogP contribution in [0.3, 0.4) is 0 Å². The molecule has 1 aliphatic heterocycles. The Hall–Kier alpha value is -4.46. The summed E-state index contributed by atoms with van der Waals surface area (Å²) in [5.74, 6) is 0.819. The summed E-state index contributed by atoms with van der Waals surface area (Å²) >= 11 is 0. The van der Waals surface area contributed by atoms with Crippen molar-refractivity contribution in [1.82, 2.24) is 10.2 Å². The van der Waals surface area contributed by atoms with Gasteiger partial charge in [0.1, 0.15) is 11.6 Å². The average Bonchev–Trinajstić information content (AvgIpc) is 3.01. The van der Waals surface area contributed by atoms with Crippen molar-refractivity contribution in [3.05, 3.63) is 125 Å². The number of benzene rings is 4. The second-order valence-corrected chi connectivity index (χ2v) is 12.4. The van der Waals surface area contributed by atoms with E-state index < -0.39 is 6.04 Å². The quantitative estimate of drug-likeness (QED) is 0.142. The Morgan fingerprint density at radius 1 is 0.955 bits per heavy atom. The Balaban J connectivity index is 1.49. The summed E-state index contributed by atoms with van der Waals surface area (Å²) in [6.45, 7) is 5.65. The molecular weight excluding hydrogens is 546 g/mol. The predicted molar refractivity (Wildman–Crippen MR) is 178 cm³/mol. The zero-order valence-electron chi connectivity index (χ0n) is 25.8. The van der Waals surface area contributed by atoms with E-state index in [1.807, 2.05) is 73.3 Å². The summed E-state index contributed by atoms with van der Waals surface area (Å²) < 4.78 is 5.42. The predicted octanol–water partition coefficient (Wildman–Crippen LogP) is 5.60. The molecule has 44 heavy (non-hydrogen) atoms. The number of nitrogen functional groups attached to an aromatic ring is 1. The van der Waals surface area contributed by atoms with E-state index in [9.17, 15) is 4.79 Å². The van der Waals surface area contributed by atoms with Crippen molar-refractivity contribution in [2.45, 2.75) is 57.3 Å². The van der Waals surface area contributed by atoms with Gasteiger partial charge in [0.05, 0.1) is 13.2 Å². The number of nitrogens with two attached hydrogens (primary N) is 2. The van der Waals surface area contributed by atoms with Crippen LogP contribution in [0.25, 0.3) is 11.1 Å². The van der Waals surface area contributed by atoms with Crippen LogP contribution in [0.1, 0.15) is 54.0 Å². The van der Waals surface area contributed by atoms with Crippen LogP contribution in [0.5, 0.6) is 5.75 Å². The molecule has 1 aliphatic rings. The summed E-state index contributed by atoms with van der Waals surface area (Å²) in [5.41, 5.74) is 18.9. The van der Waals surface area contributed by atoms with E-state index in [0.29, 0.717) is 25.2 Å². The molecule has 2 atom stereocenters. The molecule has 2 unspecified atom stereocenters. The molecule has 5 rings (SSSR count). The van der Waals surface area contributed by atoms with Gasteiger partial charge in [-0.1, -0.05) is 84.9 Å². The number of methoxy groups -OCH3 is 1. The first-order chi connectivity index (χ1) is 21.1. The molecule has 1 amide bonds. The molecule has 7 nitrogen and oxygen atoms in total. The van der Waals surface area contributed by atoms with Gasteiger partial charge in [0.2, 0.25) is 5.91 Å². The van der Waals surface area contributed by atoms with Crippen LogP contribution in [0.2, 0.25) is 0 Å². The highest BCUT2D eigenvalue weighted by Gasteiger charge is 2.35. The van der Waals surface area contributed by atoms with Crippen molar-refractivity contribution in [2.24, 2.45) is 11.5 Å². The minimum absolute atomic E-state index is 0.0394. The van der Waals surface area contributed by atoms with Crippen LogP contribution in [0, 0.1) is 5.41 Å². The molecular formula is C37H43N5O2. The maximum Gasteiger partial charge on any atom is 0.240 e. The molecule has 4 aromatic carbocycles. The topological polar surface area (TPSA) is 117 Å². The number of carbonyl (C=O) groups is 1. The zero-order valence-corrected chi connectivity index (χ0v) is 25.8. The summed E-state index contributed by atoms with van der Waals surface area (Å²) in [5, 5.41) is 11.6. The van der Waals surface area contributed by atoms with E-state index in [0.717, 1.165) is 46.4 Å². The number of amides is 1. The number of ether oxygens (including phenoxy) is 1. The lowest BCUT2D eigenvalue weighted by Crippen LogP contribution is -2.52. The smallest absolute Gasteiger partial charge is 0.240 e. The first kappa shape index (κ1) is 31.0. The highest BCUT2D eigenvalue weighted by molar-refractivity contribution is 6.01. The lowest BCUT2D eigenvalue weighted by molar-refractivity contribution is -0.135. The van der Waals surface area contributed by atoms with Gasteiger partial charge >= 0.3 is 0 Å². The number of hydrogen-bond donors (Lipinski definition) is 4. The second-order valence-electron chi connectivity index (χ2n) is 12.4. The van der Waals surface area contributed by atoms with Crippen molar-refractivity contribution in [2.75, 3.05) is 13.7 Å². The number of nitrogens with one attached hydrogen (secondary N) is 2. The van der Waals surface area contributed by atoms with Gasteiger partial charge in [-0.25, -0.2) is 0 Å². The first-order valence-corrected chi connectivity index (χ1v) is 15.2. The molecule has 0 spiro atoms.